The van der Waals surface area contributed by atoms with E-state index < -0.39 is 6.04 Å². The highest BCUT2D eigenvalue weighted by molar-refractivity contribution is 5.83. The van der Waals surface area contributed by atoms with Crippen molar-refractivity contribution in [1.29, 1.82) is 0 Å². The summed E-state index contributed by atoms with van der Waals surface area (Å²) < 4.78 is 0. The summed E-state index contributed by atoms with van der Waals surface area (Å²) in [5, 5.41) is 0. The summed E-state index contributed by atoms with van der Waals surface area (Å²) in [4.78, 5) is 30.5. The lowest BCUT2D eigenvalue weighted by Gasteiger charge is -2.32. The molecular weight excluding hydrogens is 364 g/mol. The van der Waals surface area contributed by atoms with E-state index in [1.54, 1.807) is 17.3 Å². The fourth-order valence-electron chi connectivity index (χ4n) is 3.59. The average Bonchev–Trinajstić information content (AvgIpc) is 2.78. The molecule has 2 N–H and O–H groups in total. The van der Waals surface area contributed by atoms with Gasteiger partial charge in [0.25, 0.3) is 0 Å². The van der Waals surface area contributed by atoms with E-state index in [-0.39, 0.29) is 5.91 Å². The minimum Gasteiger partial charge on any atom is -0.362 e. The first kappa shape index (κ1) is 19.0. The topological polar surface area (TPSA) is 88.2 Å². The van der Waals surface area contributed by atoms with Gasteiger partial charge >= 0.3 is 0 Å². The lowest BCUT2D eigenvalue weighted by Crippen LogP contribution is -2.42. The van der Waals surface area contributed by atoms with Gasteiger partial charge in [0.05, 0.1) is 12.2 Å². The zero-order valence-electron chi connectivity index (χ0n) is 16.6. The Hall–Kier alpha value is -3.32. The quantitative estimate of drug-likeness (QED) is 0.737. The van der Waals surface area contributed by atoms with Crippen molar-refractivity contribution in [3.05, 3.63) is 71.7 Å². The fraction of sp³-hybridized carbons (Fsp3) is 0.273. The second kappa shape index (κ2) is 7.97. The zero-order chi connectivity index (χ0) is 20.4. The summed E-state index contributed by atoms with van der Waals surface area (Å²) in [6.07, 6.45) is 4.17. The number of amides is 1. The molecule has 4 rings (SSSR count). The normalized spacial score (nSPS) is 14.2. The molecule has 0 aliphatic carbocycles. The molecule has 0 unspecified atom stereocenters. The van der Waals surface area contributed by atoms with Crippen LogP contribution in [0.4, 0.5) is 5.82 Å². The van der Waals surface area contributed by atoms with Crippen molar-refractivity contribution in [2.24, 2.45) is 5.73 Å². The summed E-state index contributed by atoms with van der Waals surface area (Å²) in [7, 11) is 3.94. The van der Waals surface area contributed by atoms with E-state index in [0.717, 1.165) is 28.2 Å². The van der Waals surface area contributed by atoms with Crippen molar-refractivity contribution in [2.45, 2.75) is 19.0 Å². The largest absolute Gasteiger partial charge is 0.362 e. The molecular formula is C22H24N6O. The van der Waals surface area contributed by atoms with Crippen LogP contribution < -0.4 is 10.6 Å². The van der Waals surface area contributed by atoms with Crippen molar-refractivity contribution in [2.75, 3.05) is 25.5 Å². The number of fused-ring (bicyclic) bond motifs is 1. The van der Waals surface area contributed by atoms with E-state index in [1.807, 2.05) is 61.5 Å². The Morgan fingerprint density at radius 3 is 2.62 bits per heavy atom. The van der Waals surface area contributed by atoms with Gasteiger partial charge in [0, 0.05) is 44.2 Å². The lowest BCUT2D eigenvalue weighted by atomic mass is 10.0. The Labute approximate surface area is 170 Å². The molecule has 3 aromatic rings. The van der Waals surface area contributed by atoms with Gasteiger partial charge in [-0.2, -0.15) is 0 Å². The lowest BCUT2D eigenvalue weighted by molar-refractivity contribution is -0.133. The highest BCUT2D eigenvalue weighted by Gasteiger charge is 2.29. The number of anilines is 1. The molecule has 0 saturated heterocycles. The highest BCUT2D eigenvalue weighted by atomic mass is 16.2. The first-order valence-corrected chi connectivity index (χ1v) is 9.61. The summed E-state index contributed by atoms with van der Waals surface area (Å²) in [5.41, 5.74) is 9.86. The molecule has 1 amide bonds. The SMILES string of the molecule is CN(C)c1nc(-c2cccnc2)nc2c1CCN(C(=O)[C@@H](N)c1ccccc1)C2. The number of hydrogen-bond acceptors (Lipinski definition) is 6. The molecule has 0 radical (unpaired) electrons. The second-order valence-corrected chi connectivity index (χ2v) is 7.33. The van der Waals surface area contributed by atoms with Crippen LogP contribution in [0.1, 0.15) is 22.9 Å². The smallest absolute Gasteiger partial charge is 0.244 e. The molecule has 0 spiro atoms. The molecule has 1 aliphatic rings. The molecule has 1 aliphatic heterocycles. The Morgan fingerprint density at radius 1 is 1.14 bits per heavy atom. The number of hydrogen-bond donors (Lipinski definition) is 1. The minimum atomic E-state index is -0.675. The number of aromatic nitrogens is 3. The van der Waals surface area contributed by atoms with Crippen LogP contribution in [-0.2, 0) is 17.8 Å². The van der Waals surface area contributed by atoms with E-state index in [1.165, 1.54) is 0 Å². The van der Waals surface area contributed by atoms with Gasteiger partial charge in [-0.3, -0.25) is 9.78 Å². The van der Waals surface area contributed by atoms with Crippen LogP contribution in [0, 0.1) is 0 Å². The van der Waals surface area contributed by atoms with Gasteiger partial charge in [0.15, 0.2) is 5.82 Å². The van der Waals surface area contributed by atoms with Crippen LogP contribution >= 0.6 is 0 Å². The van der Waals surface area contributed by atoms with Crippen LogP contribution in [0.2, 0.25) is 0 Å². The maximum absolute atomic E-state index is 13.0. The van der Waals surface area contributed by atoms with Crippen molar-refractivity contribution in [1.82, 2.24) is 19.9 Å². The van der Waals surface area contributed by atoms with E-state index in [0.29, 0.717) is 25.3 Å². The predicted molar refractivity (Wildman–Crippen MR) is 112 cm³/mol. The molecule has 7 nitrogen and oxygen atoms in total. The predicted octanol–water partition coefficient (Wildman–Crippen LogP) is 2.19. The van der Waals surface area contributed by atoms with Gasteiger partial charge in [-0.15, -0.1) is 0 Å². The maximum atomic E-state index is 13.0. The molecule has 2 aromatic heterocycles. The summed E-state index contributed by atoms with van der Waals surface area (Å²) in [6, 6.07) is 12.6. The molecule has 0 bridgehead atoms. The highest BCUT2D eigenvalue weighted by Crippen LogP contribution is 2.29. The summed E-state index contributed by atoms with van der Waals surface area (Å²) in [5.74, 6) is 1.41. The minimum absolute atomic E-state index is 0.0882. The number of nitrogens with two attached hydrogens (primary N) is 1. The summed E-state index contributed by atoms with van der Waals surface area (Å²) in [6.45, 7) is 1.02. The molecule has 29 heavy (non-hydrogen) atoms. The third-order valence-corrected chi connectivity index (χ3v) is 5.12. The van der Waals surface area contributed by atoms with Crippen molar-refractivity contribution >= 4 is 11.7 Å². The van der Waals surface area contributed by atoms with Crippen molar-refractivity contribution < 1.29 is 4.79 Å². The number of carbonyl (C=O) groups excluding carboxylic acids is 1. The van der Waals surface area contributed by atoms with Crippen LogP contribution in [0.3, 0.4) is 0 Å². The molecule has 3 heterocycles. The van der Waals surface area contributed by atoms with E-state index in [4.69, 9.17) is 15.7 Å². The Bertz CT molecular complexity index is 1010. The van der Waals surface area contributed by atoms with Gasteiger partial charge in [0.2, 0.25) is 5.91 Å². The van der Waals surface area contributed by atoms with E-state index in [9.17, 15) is 4.79 Å². The number of carbonyl (C=O) groups is 1. The molecule has 0 fully saturated rings. The number of nitrogens with zero attached hydrogens (tertiary/aromatic N) is 5. The number of benzene rings is 1. The standard InChI is InChI=1S/C22H24N6O/c1-27(2)21-17-10-12-28(22(29)19(23)15-7-4-3-5-8-15)14-18(17)25-20(26-21)16-9-6-11-24-13-16/h3-9,11,13,19H,10,12,14,23H2,1-2H3/t19-/m0/s1. The van der Waals surface area contributed by atoms with Crippen LogP contribution in [0.15, 0.2) is 54.9 Å². The van der Waals surface area contributed by atoms with Crippen molar-refractivity contribution in [3.63, 3.8) is 0 Å². The van der Waals surface area contributed by atoms with Gasteiger partial charge in [0.1, 0.15) is 11.9 Å². The third kappa shape index (κ3) is 3.82. The Balaban J connectivity index is 1.66. The monoisotopic (exact) mass is 388 g/mol. The maximum Gasteiger partial charge on any atom is 0.244 e. The first-order valence-electron chi connectivity index (χ1n) is 9.61. The molecule has 0 saturated carbocycles. The third-order valence-electron chi connectivity index (χ3n) is 5.12. The van der Waals surface area contributed by atoms with Crippen LogP contribution in [-0.4, -0.2) is 46.4 Å². The second-order valence-electron chi connectivity index (χ2n) is 7.33. The van der Waals surface area contributed by atoms with Crippen molar-refractivity contribution in [3.8, 4) is 11.4 Å². The van der Waals surface area contributed by atoms with Gasteiger partial charge < -0.3 is 15.5 Å². The molecule has 1 atom stereocenters. The number of rotatable bonds is 4. The van der Waals surface area contributed by atoms with Crippen LogP contribution in [0.25, 0.3) is 11.4 Å². The first-order chi connectivity index (χ1) is 14.0. The van der Waals surface area contributed by atoms with Crippen LogP contribution in [0.5, 0.6) is 0 Å². The molecule has 148 valence electrons. The number of pyridine rings is 1. The fourth-order valence-corrected chi connectivity index (χ4v) is 3.59. The molecule has 1 aromatic carbocycles. The van der Waals surface area contributed by atoms with E-state index >= 15 is 0 Å². The van der Waals surface area contributed by atoms with E-state index in [2.05, 4.69) is 4.98 Å². The average molecular weight is 388 g/mol. The van der Waals surface area contributed by atoms with Gasteiger partial charge in [-0.05, 0) is 24.1 Å². The van der Waals surface area contributed by atoms with Gasteiger partial charge in [-0.25, -0.2) is 9.97 Å². The molecule has 7 heteroatoms. The summed E-state index contributed by atoms with van der Waals surface area (Å²) >= 11 is 0. The Kier molecular flexibility index (Phi) is 5.22. The Morgan fingerprint density at radius 2 is 1.93 bits per heavy atom. The zero-order valence-corrected chi connectivity index (χ0v) is 16.6. The van der Waals surface area contributed by atoms with Gasteiger partial charge in [-0.1, -0.05) is 30.3 Å².